The van der Waals surface area contributed by atoms with E-state index in [0.29, 0.717) is 13.2 Å². The number of carbonyl (C=O) groups is 2. The van der Waals surface area contributed by atoms with Gasteiger partial charge in [-0.3, -0.25) is 14.5 Å². The van der Waals surface area contributed by atoms with Crippen molar-refractivity contribution in [3.8, 4) is 0 Å². The Hall–Kier alpha value is -0.940. The van der Waals surface area contributed by atoms with E-state index in [1.165, 1.54) is 25.9 Å². The first-order chi connectivity index (χ1) is 9.11. The van der Waals surface area contributed by atoms with Crippen LogP contribution in [0.4, 0.5) is 0 Å². The normalized spacial score (nSPS) is 15.9. The van der Waals surface area contributed by atoms with Crippen LogP contribution in [-0.2, 0) is 14.3 Å². The van der Waals surface area contributed by atoms with Gasteiger partial charge in [0.15, 0.2) is 0 Å². The Morgan fingerprint density at radius 2 is 1.89 bits per heavy atom. The Balaban J connectivity index is 2.07. The number of Topliss-reactive ketones (excluding diaryl/α,β-unsaturated/α-hetero) is 1. The number of likely N-dealkylation sites (N-methyl/N-ethyl adjacent to an activating group) is 1. The van der Waals surface area contributed by atoms with Gasteiger partial charge in [0.25, 0.3) is 0 Å². The monoisotopic (exact) mass is 270 g/mol. The van der Waals surface area contributed by atoms with Crippen LogP contribution in [0, 0.1) is 0 Å². The van der Waals surface area contributed by atoms with E-state index in [-0.39, 0.29) is 24.6 Å². The summed E-state index contributed by atoms with van der Waals surface area (Å²) < 4.78 is 4.80. The molecule has 0 atom stereocenters. The second-order valence-electron chi connectivity index (χ2n) is 5.13. The van der Waals surface area contributed by atoms with Crippen LogP contribution in [0.25, 0.3) is 0 Å². The number of esters is 1. The topological polar surface area (TPSA) is 49.9 Å². The van der Waals surface area contributed by atoms with Crippen molar-refractivity contribution < 1.29 is 14.3 Å². The molecule has 5 nitrogen and oxygen atoms in total. The molecule has 1 fully saturated rings. The van der Waals surface area contributed by atoms with Crippen LogP contribution >= 0.6 is 0 Å². The Bertz CT molecular complexity index is 288. The molecule has 0 unspecified atom stereocenters. The van der Waals surface area contributed by atoms with Crippen molar-refractivity contribution in [2.75, 3.05) is 46.4 Å². The van der Waals surface area contributed by atoms with Crippen LogP contribution in [0.3, 0.4) is 0 Å². The molecule has 1 aliphatic rings. The Morgan fingerprint density at radius 1 is 1.21 bits per heavy atom. The molecule has 1 heterocycles. The zero-order chi connectivity index (χ0) is 14.1. The number of ketones is 1. The summed E-state index contributed by atoms with van der Waals surface area (Å²) in [6, 6.07) is 0. The van der Waals surface area contributed by atoms with Crippen molar-refractivity contribution in [3.05, 3.63) is 0 Å². The lowest BCUT2D eigenvalue weighted by atomic mass is 10.2. The molecule has 0 spiro atoms. The Morgan fingerprint density at radius 3 is 2.53 bits per heavy atom. The van der Waals surface area contributed by atoms with Crippen molar-refractivity contribution in [1.82, 2.24) is 9.80 Å². The highest BCUT2D eigenvalue weighted by Gasteiger charge is 2.13. The molecule has 0 bridgehead atoms. The second-order valence-corrected chi connectivity index (χ2v) is 5.13. The summed E-state index contributed by atoms with van der Waals surface area (Å²) >= 11 is 0. The predicted molar refractivity (Wildman–Crippen MR) is 74.0 cm³/mol. The summed E-state index contributed by atoms with van der Waals surface area (Å²) in [6.07, 6.45) is 3.07. The van der Waals surface area contributed by atoms with Gasteiger partial charge >= 0.3 is 5.97 Å². The van der Waals surface area contributed by atoms with Gasteiger partial charge in [-0.15, -0.1) is 0 Å². The van der Waals surface area contributed by atoms with E-state index in [1.807, 2.05) is 11.9 Å². The van der Waals surface area contributed by atoms with Gasteiger partial charge in [-0.2, -0.15) is 0 Å². The third kappa shape index (κ3) is 7.28. The standard InChI is InChI=1S/C14H26N2O3/c1-3-19-14(18)7-6-13(17)12-15(2)10-11-16-8-4-5-9-16/h3-12H2,1-2H3. The molecule has 0 saturated carbocycles. The highest BCUT2D eigenvalue weighted by atomic mass is 16.5. The number of rotatable bonds is 9. The lowest BCUT2D eigenvalue weighted by molar-refractivity contribution is -0.144. The molecule has 1 rings (SSSR count). The molecule has 110 valence electrons. The van der Waals surface area contributed by atoms with Crippen molar-refractivity contribution in [3.63, 3.8) is 0 Å². The number of hydrogen-bond acceptors (Lipinski definition) is 5. The van der Waals surface area contributed by atoms with Crippen LogP contribution in [0.1, 0.15) is 32.6 Å². The molecule has 0 radical (unpaired) electrons. The van der Waals surface area contributed by atoms with Crippen molar-refractivity contribution in [2.24, 2.45) is 0 Å². The van der Waals surface area contributed by atoms with E-state index >= 15 is 0 Å². The van der Waals surface area contributed by atoms with Crippen LogP contribution in [0.2, 0.25) is 0 Å². The minimum absolute atomic E-state index is 0.108. The quantitative estimate of drug-likeness (QED) is 0.583. The fourth-order valence-electron chi connectivity index (χ4n) is 2.25. The molecule has 0 N–H and O–H groups in total. The molecule has 19 heavy (non-hydrogen) atoms. The zero-order valence-corrected chi connectivity index (χ0v) is 12.2. The van der Waals surface area contributed by atoms with E-state index in [9.17, 15) is 9.59 Å². The largest absolute Gasteiger partial charge is 0.466 e. The fourth-order valence-corrected chi connectivity index (χ4v) is 2.25. The smallest absolute Gasteiger partial charge is 0.306 e. The minimum Gasteiger partial charge on any atom is -0.466 e. The maximum absolute atomic E-state index is 11.7. The van der Waals surface area contributed by atoms with Gasteiger partial charge in [0.05, 0.1) is 19.6 Å². The number of likely N-dealkylation sites (tertiary alicyclic amines) is 1. The molecule has 0 aromatic rings. The number of carbonyl (C=O) groups excluding carboxylic acids is 2. The van der Waals surface area contributed by atoms with Crippen molar-refractivity contribution >= 4 is 11.8 Å². The van der Waals surface area contributed by atoms with Gasteiger partial charge in [0, 0.05) is 19.5 Å². The SMILES string of the molecule is CCOC(=O)CCC(=O)CN(C)CCN1CCCC1. The summed E-state index contributed by atoms with van der Waals surface area (Å²) in [5.74, 6) is -0.174. The molecule has 0 aromatic carbocycles. The van der Waals surface area contributed by atoms with E-state index in [2.05, 4.69) is 4.90 Å². The molecule has 5 heteroatoms. The first-order valence-corrected chi connectivity index (χ1v) is 7.20. The maximum Gasteiger partial charge on any atom is 0.306 e. The van der Waals surface area contributed by atoms with Crippen LogP contribution in [0.15, 0.2) is 0 Å². The van der Waals surface area contributed by atoms with E-state index in [1.54, 1.807) is 6.92 Å². The Kier molecular flexibility index (Phi) is 7.67. The van der Waals surface area contributed by atoms with Crippen molar-refractivity contribution in [1.29, 1.82) is 0 Å². The van der Waals surface area contributed by atoms with E-state index in [4.69, 9.17) is 4.74 Å². The van der Waals surface area contributed by atoms with E-state index < -0.39 is 0 Å². The van der Waals surface area contributed by atoms with Crippen LogP contribution in [-0.4, -0.2) is 67.9 Å². The summed E-state index contributed by atoms with van der Waals surface area (Å²) in [5, 5.41) is 0. The summed E-state index contributed by atoms with van der Waals surface area (Å²) in [5.41, 5.74) is 0. The Labute approximate surface area is 115 Å². The van der Waals surface area contributed by atoms with Crippen LogP contribution in [0.5, 0.6) is 0 Å². The van der Waals surface area contributed by atoms with Gasteiger partial charge in [-0.05, 0) is 39.9 Å². The third-order valence-corrected chi connectivity index (χ3v) is 3.36. The fraction of sp³-hybridized carbons (Fsp3) is 0.857. The summed E-state index contributed by atoms with van der Waals surface area (Å²) in [6.45, 7) is 6.88. The molecular weight excluding hydrogens is 244 g/mol. The number of nitrogens with zero attached hydrogens (tertiary/aromatic N) is 2. The molecular formula is C14H26N2O3. The first kappa shape index (κ1) is 16.1. The van der Waals surface area contributed by atoms with Crippen LogP contribution < -0.4 is 0 Å². The predicted octanol–water partition coefficient (Wildman–Crippen LogP) is 0.926. The summed E-state index contributed by atoms with van der Waals surface area (Å²) in [7, 11) is 1.96. The van der Waals surface area contributed by atoms with Gasteiger partial charge in [0.1, 0.15) is 5.78 Å². The highest BCUT2D eigenvalue weighted by Crippen LogP contribution is 2.06. The average Bonchev–Trinajstić information content (AvgIpc) is 2.87. The molecule has 0 amide bonds. The average molecular weight is 270 g/mol. The minimum atomic E-state index is -0.282. The molecule has 0 aliphatic carbocycles. The highest BCUT2D eigenvalue weighted by molar-refractivity contribution is 5.84. The van der Waals surface area contributed by atoms with Gasteiger partial charge in [0.2, 0.25) is 0 Å². The van der Waals surface area contributed by atoms with Gasteiger partial charge < -0.3 is 9.64 Å². The van der Waals surface area contributed by atoms with Crippen molar-refractivity contribution in [2.45, 2.75) is 32.6 Å². The first-order valence-electron chi connectivity index (χ1n) is 7.20. The zero-order valence-electron chi connectivity index (χ0n) is 12.2. The molecule has 1 aliphatic heterocycles. The number of hydrogen-bond donors (Lipinski definition) is 0. The van der Waals surface area contributed by atoms with Gasteiger partial charge in [-0.1, -0.05) is 0 Å². The third-order valence-electron chi connectivity index (χ3n) is 3.36. The lowest BCUT2D eigenvalue weighted by Gasteiger charge is -2.20. The molecule has 1 saturated heterocycles. The number of ether oxygens (including phenoxy) is 1. The van der Waals surface area contributed by atoms with Gasteiger partial charge in [-0.25, -0.2) is 0 Å². The van der Waals surface area contributed by atoms with E-state index in [0.717, 1.165) is 13.1 Å². The summed E-state index contributed by atoms with van der Waals surface area (Å²) in [4.78, 5) is 27.3. The molecule has 0 aromatic heterocycles. The maximum atomic E-state index is 11.7. The lowest BCUT2D eigenvalue weighted by Crippen LogP contribution is -2.34. The second kappa shape index (κ2) is 9.04.